The fourth-order valence-electron chi connectivity index (χ4n) is 5.75. The lowest BCUT2D eigenvalue weighted by molar-refractivity contribution is 0.589. The van der Waals surface area contributed by atoms with Crippen molar-refractivity contribution < 1.29 is 8.42 Å². The Balaban J connectivity index is 2.21. The van der Waals surface area contributed by atoms with E-state index in [-0.39, 0.29) is 0 Å². The molecule has 0 spiro atoms. The maximum absolute atomic E-state index is 13.9. The fraction of sp³-hybridized carbons (Fsp3) is 0.407. The van der Waals surface area contributed by atoms with Crippen LogP contribution in [0.2, 0.25) is 16.6 Å². The van der Waals surface area contributed by atoms with Crippen LogP contribution in [-0.2, 0) is 9.84 Å². The standard InChI is InChI=1S/C27H37NO2SSi/c1-20(2)32(21(3)4,22(5)6)28-18-17-25(19-28)27(24-11-9-8-10-12-24)31(29,30)26-15-13-23(7)14-16-26/h8-22,27H,1-7H3. The summed E-state index contributed by atoms with van der Waals surface area (Å²) in [7, 11) is -5.57. The normalized spacial score (nSPS) is 13.8. The summed E-state index contributed by atoms with van der Waals surface area (Å²) in [5, 5.41) is -0.731. The van der Waals surface area contributed by atoms with Gasteiger partial charge in [-0.15, -0.1) is 0 Å². The number of hydrogen-bond donors (Lipinski definition) is 0. The lowest BCUT2D eigenvalue weighted by Crippen LogP contribution is -2.51. The molecule has 32 heavy (non-hydrogen) atoms. The topological polar surface area (TPSA) is 39.1 Å². The minimum absolute atomic E-state index is 0.366. The van der Waals surface area contributed by atoms with E-state index in [0.29, 0.717) is 21.5 Å². The second-order valence-electron chi connectivity index (χ2n) is 9.85. The van der Waals surface area contributed by atoms with Gasteiger partial charge in [-0.2, -0.15) is 0 Å². The van der Waals surface area contributed by atoms with Gasteiger partial charge in [-0.3, -0.25) is 0 Å². The van der Waals surface area contributed by atoms with Gasteiger partial charge in [0.2, 0.25) is 0 Å². The van der Waals surface area contributed by atoms with Crippen molar-refractivity contribution >= 4 is 18.1 Å². The number of nitrogens with zero attached hydrogens (tertiary/aromatic N) is 1. The summed E-state index contributed by atoms with van der Waals surface area (Å²) in [5.41, 5.74) is 4.30. The molecule has 3 aromatic rings. The van der Waals surface area contributed by atoms with E-state index in [1.165, 1.54) is 0 Å². The molecule has 172 valence electrons. The predicted molar refractivity (Wildman–Crippen MR) is 138 cm³/mol. The highest BCUT2D eigenvalue weighted by Crippen LogP contribution is 2.44. The highest BCUT2D eigenvalue weighted by Gasteiger charge is 2.45. The monoisotopic (exact) mass is 467 g/mol. The molecule has 0 aliphatic carbocycles. The first-order valence-corrected chi connectivity index (χ1v) is 15.3. The Morgan fingerprint density at radius 2 is 1.25 bits per heavy atom. The number of rotatable bonds is 8. The van der Waals surface area contributed by atoms with Crippen molar-refractivity contribution in [3.05, 3.63) is 89.7 Å². The lowest BCUT2D eigenvalue weighted by atomic mass is 10.1. The highest BCUT2D eigenvalue weighted by atomic mass is 32.2. The number of sulfone groups is 1. The van der Waals surface area contributed by atoms with Gasteiger partial charge in [0.15, 0.2) is 18.1 Å². The van der Waals surface area contributed by atoms with Crippen LogP contribution < -0.4 is 0 Å². The maximum atomic E-state index is 13.9. The third kappa shape index (κ3) is 4.25. The molecule has 1 heterocycles. The third-order valence-corrected chi connectivity index (χ3v) is 15.8. The first-order valence-electron chi connectivity index (χ1n) is 11.6. The number of aromatic nitrogens is 1. The van der Waals surface area contributed by atoms with Gasteiger partial charge in [0, 0.05) is 6.20 Å². The van der Waals surface area contributed by atoms with Gasteiger partial charge in [0.1, 0.15) is 5.25 Å². The van der Waals surface area contributed by atoms with Crippen molar-refractivity contribution in [1.29, 1.82) is 0 Å². The van der Waals surface area contributed by atoms with Crippen LogP contribution >= 0.6 is 0 Å². The van der Waals surface area contributed by atoms with E-state index < -0.39 is 23.3 Å². The zero-order chi connectivity index (χ0) is 23.7. The van der Waals surface area contributed by atoms with Crippen molar-refractivity contribution in [2.75, 3.05) is 0 Å². The number of benzene rings is 2. The smallest absolute Gasteiger partial charge is 0.189 e. The lowest BCUT2D eigenvalue weighted by Gasteiger charge is -2.44. The van der Waals surface area contributed by atoms with Crippen molar-refractivity contribution in [2.24, 2.45) is 0 Å². The van der Waals surface area contributed by atoms with E-state index in [4.69, 9.17) is 0 Å². The van der Waals surface area contributed by atoms with Gasteiger partial charge in [-0.25, -0.2) is 8.42 Å². The Labute approximate surface area is 195 Å². The molecule has 1 aromatic heterocycles. The summed E-state index contributed by atoms with van der Waals surface area (Å²) in [5.74, 6) is 0. The van der Waals surface area contributed by atoms with Crippen LogP contribution in [0.25, 0.3) is 0 Å². The Morgan fingerprint density at radius 3 is 1.75 bits per heavy atom. The third-order valence-electron chi connectivity index (χ3n) is 7.00. The molecule has 3 nitrogen and oxygen atoms in total. The molecule has 3 rings (SSSR count). The predicted octanol–water partition coefficient (Wildman–Crippen LogP) is 7.38. The van der Waals surface area contributed by atoms with Gasteiger partial charge in [0.25, 0.3) is 0 Å². The van der Waals surface area contributed by atoms with E-state index in [1.54, 1.807) is 12.1 Å². The summed E-state index contributed by atoms with van der Waals surface area (Å²) < 4.78 is 30.2. The van der Waals surface area contributed by atoms with Gasteiger partial charge >= 0.3 is 0 Å². The number of hydrogen-bond acceptors (Lipinski definition) is 2. The minimum atomic E-state index is -3.61. The molecule has 0 saturated carbocycles. The van der Waals surface area contributed by atoms with Crippen molar-refractivity contribution in [3.8, 4) is 0 Å². The molecule has 0 fully saturated rings. The summed E-state index contributed by atoms with van der Waals surface area (Å²) in [6.45, 7) is 15.9. The summed E-state index contributed by atoms with van der Waals surface area (Å²) in [6.07, 6.45) is 4.28. The highest BCUT2D eigenvalue weighted by molar-refractivity contribution is 7.91. The summed E-state index contributed by atoms with van der Waals surface area (Å²) >= 11 is 0. The summed E-state index contributed by atoms with van der Waals surface area (Å²) in [4.78, 5) is 0.366. The zero-order valence-corrected chi connectivity index (χ0v) is 22.2. The molecular formula is C27H37NO2SSi. The SMILES string of the molecule is Cc1ccc(S(=O)(=O)C(c2ccccc2)c2ccn([Si](C(C)C)(C(C)C)C(C)C)c2)cc1. The zero-order valence-electron chi connectivity index (χ0n) is 20.4. The number of aryl methyl sites for hydroxylation is 1. The molecule has 0 aliphatic rings. The average Bonchev–Trinajstić information content (AvgIpc) is 3.18. The van der Waals surface area contributed by atoms with Crippen LogP contribution in [0.4, 0.5) is 0 Å². The molecular weight excluding hydrogens is 430 g/mol. The van der Waals surface area contributed by atoms with Gasteiger partial charge < -0.3 is 4.23 Å². The fourth-order valence-corrected chi connectivity index (χ4v) is 14.0. The van der Waals surface area contributed by atoms with Crippen LogP contribution in [0.1, 0.15) is 63.5 Å². The van der Waals surface area contributed by atoms with E-state index in [2.05, 4.69) is 58.2 Å². The first kappa shape index (κ1) is 24.5. The van der Waals surface area contributed by atoms with Crippen LogP contribution in [0.15, 0.2) is 78.0 Å². The Bertz CT molecular complexity index is 1110. The second-order valence-corrected chi connectivity index (χ2v) is 17.6. The van der Waals surface area contributed by atoms with E-state index >= 15 is 0 Å². The van der Waals surface area contributed by atoms with E-state index in [9.17, 15) is 8.42 Å². The Hall–Kier alpha value is -2.11. The van der Waals surface area contributed by atoms with Gasteiger partial charge in [-0.05, 0) is 59.1 Å². The van der Waals surface area contributed by atoms with Gasteiger partial charge in [0.05, 0.1) is 4.90 Å². The quantitative estimate of drug-likeness (QED) is 0.324. The molecule has 0 amide bonds. The van der Waals surface area contributed by atoms with Gasteiger partial charge in [-0.1, -0.05) is 89.6 Å². The molecule has 5 heteroatoms. The van der Waals surface area contributed by atoms with Crippen LogP contribution in [0.5, 0.6) is 0 Å². The van der Waals surface area contributed by atoms with E-state index in [0.717, 1.165) is 16.7 Å². The molecule has 1 unspecified atom stereocenters. The second kappa shape index (κ2) is 9.40. The Morgan fingerprint density at radius 1 is 0.719 bits per heavy atom. The van der Waals surface area contributed by atoms with Crippen LogP contribution in [0, 0.1) is 6.92 Å². The molecule has 0 aliphatic heterocycles. The molecule has 0 saturated heterocycles. The average molecular weight is 468 g/mol. The molecule has 0 bridgehead atoms. The van der Waals surface area contributed by atoms with Crippen LogP contribution in [0.3, 0.4) is 0 Å². The minimum Gasteiger partial charge on any atom is -0.379 e. The van der Waals surface area contributed by atoms with Crippen molar-refractivity contribution in [3.63, 3.8) is 0 Å². The maximum Gasteiger partial charge on any atom is 0.189 e. The molecule has 2 aromatic carbocycles. The largest absolute Gasteiger partial charge is 0.379 e. The van der Waals surface area contributed by atoms with E-state index in [1.807, 2.05) is 55.5 Å². The molecule has 0 radical (unpaired) electrons. The summed E-state index contributed by atoms with van der Waals surface area (Å²) in [6, 6.07) is 18.8. The molecule has 0 N–H and O–H groups in total. The van der Waals surface area contributed by atoms with Crippen LogP contribution in [-0.4, -0.2) is 20.9 Å². The van der Waals surface area contributed by atoms with Crippen molar-refractivity contribution in [1.82, 2.24) is 4.23 Å². The Kier molecular flexibility index (Phi) is 7.20. The molecule has 1 atom stereocenters. The first-order chi connectivity index (χ1) is 15.0. The van der Waals surface area contributed by atoms with Crippen molar-refractivity contribution in [2.45, 2.75) is 75.2 Å².